The first kappa shape index (κ1) is 22.5. The molecule has 1 fully saturated rings. The minimum Gasteiger partial charge on any atom is -0.507 e. The van der Waals surface area contributed by atoms with Crippen LogP contribution in [0.1, 0.15) is 23.6 Å². The number of hydrogen-bond donors (Lipinski definition) is 2. The second-order valence-corrected chi connectivity index (χ2v) is 8.35. The van der Waals surface area contributed by atoms with Crippen molar-refractivity contribution in [3.63, 3.8) is 0 Å². The summed E-state index contributed by atoms with van der Waals surface area (Å²) < 4.78 is 14.8. The van der Waals surface area contributed by atoms with E-state index in [2.05, 4.69) is 0 Å². The predicted molar refractivity (Wildman–Crippen MR) is 124 cm³/mol. The number of fused-ring (bicyclic) bond motifs is 1. The lowest BCUT2D eigenvalue weighted by atomic mass is 9.93. The summed E-state index contributed by atoms with van der Waals surface area (Å²) in [7, 11) is 3.79. The van der Waals surface area contributed by atoms with Gasteiger partial charge in [0.25, 0.3) is 11.7 Å². The maximum absolute atomic E-state index is 14.8. The summed E-state index contributed by atoms with van der Waals surface area (Å²) in [6.45, 7) is 0.876. The summed E-state index contributed by atoms with van der Waals surface area (Å²) in [6, 6.07) is 15.0. The van der Waals surface area contributed by atoms with E-state index in [1.165, 1.54) is 29.2 Å². The number of aromatic hydroxyl groups is 1. The molecule has 6 nitrogen and oxygen atoms in total. The fraction of sp³-hybridized carbons (Fsp3) is 0.231. The van der Waals surface area contributed by atoms with E-state index < -0.39 is 29.3 Å². The molecule has 0 bridgehead atoms. The fourth-order valence-corrected chi connectivity index (χ4v) is 4.28. The first-order chi connectivity index (χ1) is 15.8. The molecular formula is C26H25FN2O4. The van der Waals surface area contributed by atoms with Gasteiger partial charge < -0.3 is 20.0 Å². The van der Waals surface area contributed by atoms with Gasteiger partial charge in [-0.15, -0.1) is 0 Å². The molecule has 2 N–H and O–H groups in total. The lowest BCUT2D eigenvalue weighted by molar-refractivity contribution is -0.140. The summed E-state index contributed by atoms with van der Waals surface area (Å²) in [5.41, 5.74) is -0.106. The highest BCUT2D eigenvalue weighted by molar-refractivity contribution is 6.46. The van der Waals surface area contributed by atoms with Crippen molar-refractivity contribution in [2.75, 3.05) is 27.2 Å². The molecule has 1 atom stereocenters. The van der Waals surface area contributed by atoms with Gasteiger partial charge in [-0.1, -0.05) is 48.5 Å². The van der Waals surface area contributed by atoms with Gasteiger partial charge in [-0.25, -0.2) is 4.39 Å². The van der Waals surface area contributed by atoms with Crippen LogP contribution in [0.4, 0.5) is 4.39 Å². The molecule has 0 unspecified atom stereocenters. The van der Waals surface area contributed by atoms with E-state index in [0.717, 1.165) is 5.39 Å². The van der Waals surface area contributed by atoms with E-state index in [-0.39, 0.29) is 29.0 Å². The first-order valence-corrected chi connectivity index (χ1v) is 10.7. The molecule has 0 spiro atoms. The van der Waals surface area contributed by atoms with Crippen LogP contribution in [0.25, 0.3) is 16.5 Å². The van der Waals surface area contributed by atoms with Crippen molar-refractivity contribution in [1.82, 2.24) is 9.80 Å². The number of carbonyl (C=O) groups is 2. The maximum Gasteiger partial charge on any atom is 0.295 e. The quantitative estimate of drug-likeness (QED) is 0.338. The Hall–Kier alpha value is -3.71. The standard InChI is InChI=1S/C26H25FN2O4/c1-28(2)14-7-15-29-22(18-10-5-6-11-20(18)27)21(25(32)26(29)33)24(31)19-13-12-16-8-3-4-9-17(16)23(19)30/h3-6,8-13,22,30-31H,7,14-15H2,1-2H3/t22-/m0/s1. The number of Topliss-reactive ketones (excluding diaryl/α,β-unsaturated/α-hetero) is 1. The number of rotatable bonds is 6. The van der Waals surface area contributed by atoms with E-state index in [1.807, 2.05) is 31.1 Å². The van der Waals surface area contributed by atoms with E-state index in [1.54, 1.807) is 24.3 Å². The molecule has 4 rings (SSSR count). The van der Waals surface area contributed by atoms with Crippen LogP contribution in [-0.4, -0.2) is 58.9 Å². The van der Waals surface area contributed by atoms with Crippen LogP contribution >= 0.6 is 0 Å². The molecule has 0 aromatic heterocycles. The molecule has 0 aliphatic carbocycles. The molecule has 1 heterocycles. The molecule has 7 heteroatoms. The van der Waals surface area contributed by atoms with Crippen LogP contribution in [0, 0.1) is 5.82 Å². The zero-order valence-corrected chi connectivity index (χ0v) is 18.5. The van der Waals surface area contributed by atoms with Crippen LogP contribution in [0.2, 0.25) is 0 Å². The van der Waals surface area contributed by atoms with Gasteiger partial charge in [-0.3, -0.25) is 9.59 Å². The number of amides is 1. The van der Waals surface area contributed by atoms with E-state index in [4.69, 9.17) is 0 Å². The molecule has 0 saturated carbocycles. The molecule has 1 aliphatic heterocycles. The number of likely N-dealkylation sites (tertiary alicyclic amines) is 1. The molecule has 170 valence electrons. The van der Waals surface area contributed by atoms with Crippen molar-refractivity contribution in [3.05, 3.63) is 83.2 Å². The zero-order chi connectivity index (χ0) is 23.7. The second kappa shape index (κ2) is 9.03. The minimum atomic E-state index is -1.10. The van der Waals surface area contributed by atoms with Gasteiger partial charge in [0.05, 0.1) is 17.2 Å². The van der Waals surface area contributed by atoms with Gasteiger partial charge in [0.15, 0.2) is 0 Å². The molecule has 1 saturated heterocycles. The molecule has 1 amide bonds. The Balaban J connectivity index is 1.88. The number of phenols is 1. The predicted octanol–water partition coefficient (Wildman–Crippen LogP) is 4.06. The van der Waals surface area contributed by atoms with E-state index in [9.17, 15) is 24.2 Å². The van der Waals surface area contributed by atoms with Gasteiger partial charge in [-0.2, -0.15) is 0 Å². The van der Waals surface area contributed by atoms with Gasteiger partial charge in [0.1, 0.15) is 17.3 Å². The molecule has 3 aromatic rings. The van der Waals surface area contributed by atoms with Crippen molar-refractivity contribution in [3.8, 4) is 5.75 Å². The third-order valence-corrected chi connectivity index (χ3v) is 5.90. The number of carbonyl (C=O) groups excluding carboxylic acids is 2. The fourth-order valence-electron chi connectivity index (χ4n) is 4.28. The lowest BCUT2D eigenvalue weighted by Gasteiger charge is -2.26. The van der Waals surface area contributed by atoms with Crippen LogP contribution in [0.3, 0.4) is 0 Å². The smallest absolute Gasteiger partial charge is 0.295 e. The highest BCUT2D eigenvalue weighted by Gasteiger charge is 2.46. The van der Waals surface area contributed by atoms with Crippen LogP contribution in [0.15, 0.2) is 66.2 Å². The Morgan fingerprint density at radius 1 is 1.03 bits per heavy atom. The third kappa shape index (κ3) is 4.07. The topological polar surface area (TPSA) is 81.1 Å². The first-order valence-electron chi connectivity index (χ1n) is 10.7. The minimum absolute atomic E-state index is 0.0151. The normalized spacial score (nSPS) is 17.9. The second-order valence-electron chi connectivity index (χ2n) is 8.35. The van der Waals surface area contributed by atoms with Crippen molar-refractivity contribution >= 4 is 28.2 Å². The Morgan fingerprint density at radius 2 is 1.73 bits per heavy atom. The van der Waals surface area contributed by atoms with E-state index in [0.29, 0.717) is 18.4 Å². The monoisotopic (exact) mass is 448 g/mol. The van der Waals surface area contributed by atoms with Crippen LogP contribution in [0.5, 0.6) is 5.75 Å². The highest BCUT2D eigenvalue weighted by atomic mass is 19.1. The number of ketones is 1. The van der Waals surface area contributed by atoms with Crippen molar-refractivity contribution < 1.29 is 24.2 Å². The third-order valence-electron chi connectivity index (χ3n) is 5.90. The maximum atomic E-state index is 14.8. The Bertz CT molecular complexity index is 1270. The van der Waals surface area contributed by atoms with Crippen LogP contribution in [-0.2, 0) is 9.59 Å². The summed E-state index contributed by atoms with van der Waals surface area (Å²) in [6.07, 6.45) is 0.562. The lowest BCUT2D eigenvalue weighted by Crippen LogP contribution is -2.32. The number of nitrogens with zero attached hydrogens (tertiary/aromatic N) is 2. The number of aliphatic hydroxyl groups is 1. The molecule has 1 aliphatic rings. The molecule has 0 radical (unpaired) electrons. The van der Waals surface area contributed by atoms with Gasteiger partial charge in [0, 0.05) is 17.5 Å². The number of hydrogen-bond acceptors (Lipinski definition) is 5. The highest BCUT2D eigenvalue weighted by Crippen LogP contribution is 2.42. The summed E-state index contributed by atoms with van der Waals surface area (Å²) in [5.74, 6) is -3.03. The summed E-state index contributed by atoms with van der Waals surface area (Å²) in [5, 5.41) is 23.3. The summed E-state index contributed by atoms with van der Waals surface area (Å²) in [4.78, 5) is 29.3. The molecular weight excluding hydrogens is 423 g/mol. The van der Waals surface area contributed by atoms with Crippen molar-refractivity contribution in [1.29, 1.82) is 0 Å². The zero-order valence-electron chi connectivity index (χ0n) is 18.5. The SMILES string of the molecule is CN(C)CCCN1C(=O)C(=O)C(=C(O)c2ccc3ccccc3c2O)[C@@H]1c1ccccc1F. The average Bonchev–Trinajstić information content (AvgIpc) is 3.04. The Kier molecular flexibility index (Phi) is 6.16. The number of halogens is 1. The van der Waals surface area contributed by atoms with Gasteiger partial charge in [0.2, 0.25) is 0 Å². The van der Waals surface area contributed by atoms with Crippen molar-refractivity contribution in [2.24, 2.45) is 0 Å². The van der Waals surface area contributed by atoms with Crippen LogP contribution < -0.4 is 0 Å². The van der Waals surface area contributed by atoms with Crippen molar-refractivity contribution in [2.45, 2.75) is 12.5 Å². The Morgan fingerprint density at radius 3 is 2.45 bits per heavy atom. The Labute approximate surface area is 191 Å². The largest absolute Gasteiger partial charge is 0.507 e. The number of aliphatic hydroxyl groups excluding tert-OH is 1. The average molecular weight is 448 g/mol. The van der Waals surface area contributed by atoms with Gasteiger partial charge in [-0.05, 0) is 44.6 Å². The molecule has 3 aromatic carbocycles. The number of phenolic OH excluding ortho intramolecular Hbond substituents is 1. The molecule has 33 heavy (non-hydrogen) atoms. The number of benzene rings is 3. The van der Waals surface area contributed by atoms with Gasteiger partial charge >= 0.3 is 0 Å². The van der Waals surface area contributed by atoms with E-state index >= 15 is 0 Å². The summed E-state index contributed by atoms with van der Waals surface area (Å²) >= 11 is 0.